The van der Waals surface area contributed by atoms with E-state index in [0.29, 0.717) is 0 Å². The second-order valence-corrected chi connectivity index (χ2v) is 5.86. The van der Waals surface area contributed by atoms with Crippen LogP contribution in [0.4, 0.5) is 0 Å². The summed E-state index contributed by atoms with van der Waals surface area (Å²) in [4.78, 5) is 6.75. The first-order chi connectivity index (χ1) is 10.2. The molecule has 22 heavy (non-hydrogen) atoms. The number of guanidine groups is 1. The lowest BCUT2D eigenvalue weighted by atomic mass is 10.0. The van der Waals surface area contributed by atoms with Gasteiger partial charge in [-0.1, -0.05) is 25.1 Å². The van der Waals surface area contributed by atoms with Crippen molar-refractivity contribution in [1.82, 2.24) is 10.2 Å². The van der Waals surface area contributed by atoms with Gasteiger partial charge in [0.1, 0.15) is 11.9 Å². The molecule has 1 fully saturated rings. The van der Waals surface area contributed by atoms with Crippen molar-refractivity contribution in [3.63, 3.8) is 0 Å². The lowest BCUT2D eigenvalue weighted by Gasteiger charge is -2.33. The van der Waals surface area contributed by atoms with Crippen molar-refractivity contribution in [2.45, 2.75) is 32.8 Å². The quantitative estimate of drug-likeness (QED) is 0.464. The van der Waals surface area contributed by atoms with E-state index in [9.17, 15) is 0 Å². The van der Waals surface area contributed by atoms with Crippen LogP contribution in [0, 0.1) is 5.92 Å². The molecule has 124 valence electrons. The summed E-state index contributed by atoms with van der Waals surface area (Å²) >= 11 is 0. The van der Waals surface area contributed by atoms with E-state index in [1.807, 2.05) is 37.4 Å². The number of nitrogens with zero attached hydrogens (tertiary/aromatic N) is 2. The fraction of sp³-hybridized carbons (Fsp3) is 0.588. The highest BCUT2D eigenvalue weighted by Crippen LogP contribution is 2.15. The maximum atomic E-state index is 5.88. The van der Waals surface area contributed by atoms with Gasteiger partial charge in [0.15, 0.2) is 5.96 Å². The van der Waals surface area contributed by atoms with Crippen molar-refractivity contribution in [1.29, 1.82) is 0 Å². The predicted molar refractivity (Wildman–Crippen MR) is 103 cm³/mol. The summed E-state index contributed by atoms with van der Waals surface area (Å²) in [5.41, 5.74) is 0. The lowest BCUT2D eigenvalue weighted by molar-refractivity contribution is 0.218. The van der Waals surface area contributed by atoms with Crippen LogP contribution in [0.3, 0.4) is 0 Å². The Morgan fingerprint density at radius 2 is 2.14 bits per heavy atom. The van der Waals surface area contributed by atoms with Gasteiger partial charge in [0, 0.05) is 20.1 Å². The van der Waals surface area contributed by atoms with Crippen LogP contribution in [0.1, 0.15) is 26.7 Å². The summed E-state index contributed by atoms with van der Waals surface area (Å²) in [5, 5.41) is 3.43. The third-order valence-electron chi connectivity index (χ3n) is 3.80. The molecule has 1 saturated heterocycles. The van der Waals surface area contributed by atoms with Gasteiger partial charge in [-0.05, 0) is 37.8 Å². The van der Waals surface area contributed by atoms with E-state index in [1.54, 1.807) is 0 Å². The van der Waals surface area contributed by atoms with Gasteiger partial charge in [0.25, 0.3) is 0 Å². The Bertz CT molecular complexity index is 452. The number of hydrogen-bond donors (Lipinski definition) is 1. The van der Waals surface area contributed by atoms with Gasteiger partial charge in [0.05, 0.1) is 6.54 Å². The molecule has 0 radical (unpaired) electrons. The Morgan fingerprint density at radius 1 is 1.41 bits per heavy atom. The second-order valence-electron chi connectivity index (χ2n) is 5.86. The molecule has 0 saturated carbocycles. The van der Waals surface area contributed by atoms with Gasteiger partial charge in [0.2, 0.25) is 0 Å². The van der Waals surface area contributed by atoms with Crippen LogP contribution in [-0.4, -0.2) is 43.6 Å². The molecule has 1 aliphatic rings. The zero-order valence-corrected chi connectivity index (χ0v) is 16.1. The number of halogens is 1. The van der Waals surface area contributed by atoms with Crippen LogP contribution < -0.4 is 10.1 Å². The van der Waals surface area contributed by atoms with Crippen LogP contribution in [0.2, 0.25) is 0 Å². The molecule has 5 heteroatoms. The highest BCUT2D eigenvalue weighted by atomic mass is 127. The van der Waals surface area contributed by atoms with E-state index in [2.05, 4.69) is 29.1 Å². The van der Waals surface area contributed by atoms with Crippen molar-refractivity contribution in [2.24, 2.45) is 10.9 Å². The summed E-state index contributed by atoms with van der Waals surface area (Å²) < 4.78 is 5.88. The molecule has 2 rings (SSSR count). The van der Waals surface area contributed by atoms with Crippen molar-refractivity contribution in [2.75, 3.05) is 26.7 Å². The van der Waals surface area contributed by atoms with E-state index in [4.69, 9.17) is 4.74 Å². The number of para-hydroxylation sites is 1. The number of piperidine rings is 1. The molecule has 1 aromatic carbocycles. The van der Waals surface area contributed by atoms with Gasteiger partial charge in [-0.25, -0.2) is 0 Å². The number of ether oxygens (including phenoxy) is 1. The molecule has 2 unspecified atom stereocenters. The number of hydrogen-bond acceptors (Lipinski definition) is 2. The van der Waals surface area contributed by atoms with Gasteiger partial charge in [-0.15, -0.1) is 24.0 Å². The fourth-order valence-corrected chi connectivity index (χ4v) is 2.72. The molecule has 2 atom stereocenters. The molecule has 0 bridgehead atoms. The molecular weight excluding hydrogens is 389 g/mol. The molecule has 1 aromatic rings. The lowest BCUT2D eigenvalue weighted by Crippen LogP contribution is -2.48. The molecule has 1 aliphatic heterocycles. The monoisotopic (exact) mass is 417 g/mol. The smallest absolute Gasteiger partial charge is 0.193 e. The summed E-state index contributed by atoms with van der Waals surface area (Å²) in [7, 11) is 1.85. The van der Waals surface area contributed by atoms with Crippen molar-refractivity contribution >= 4 is 29.9 Å². The Hall–Kier alpha value is -0.980. The third-order valence-corrected chi connectivity index (χ3v) is 3.80. The minimum absolute atomic E-state index is 0. The summed E-state index contributed by atoms with van der Waals surface area (Å²) in [6.45, 7) is 7.32. The molecule has 1 heterocycles. The van der Waals surface area contributed by atoms with Gasteiger partial charge < -0.3 is 15.0 Å². The Morgan fingerprint density at radius 3 is 2.77 bits per heavy atom. The van der Waals surface area contributed by atoms with Crippen molar-refractivity contribution < 1.29 is 4.74 Å². The maximum Gasteiger partial charge on any atom is 0.193 e. The van der Waals surface area contributed by atoms with E-state index < -0.39 is 0 Å². The normalized spacial score (nSPS) is 20.0. The number of rotatable bonds is 4. The van der Waals surface area contributed by atoms with Crippen LogP contribution in [0.15, 0.2) is 35.3 Å². The molecular formula is C17H28IN3O. The van der Waals surface area contributed by atoms with Crippen LogP contribution in [-0.2, 0) is 0 Å². The Balaban J connectivity index is 0.00000242. The fourth-order valence-electron chi connectivity index (χ4n) is 2.72. The predicted octanol–water partition coefficient (Wildman–Crippen LogP) is 3.38. The zero-order valence-electron chi connectivity index (χ0n) is 13.8. The zero-order chi connectivity index (χ0) is 15.1. The first-order valence-corrected chi connectivity index (χ1v) is 7.86. The number of benzene rings is 1. The third kappa shape index (κ3) is 6.02. The first kappa shape index (κ1) is 19.1. The Labute approximate surface area is 151 Å². The summed E-state index contributed by atoms with van der Waals surface area (Å²) in [5.74, 6) is 2.65. The topological polar surface area (TPSA) is 36.9 Å². The minimum Gasteiger partial charge on any atom is -0.489 e. The molecule has 0 aliphatic carbocycles. The van der Waals surface area contributed by atoms with Crippen molar-refractivity contribution in [3.05, 3.63) is 30.3 Å². The van der Waals surface area contributed by atoms with Crippen LogP contribution in [0.5, 0.6) is 5.75 Å². The van der Waals surface area contributed by atoms with Gasteiger partial charge in [-0.2, -0.15) is 0 Å². The van der Waals surface area contributed by atoms with E-state index in [1.165, 1.54) is 12.8 Å². The SMILES string of the molecule is CN=C(NCC(C)Oc1ccccc1)N1CCCC(C)C1.I. The second kappa shape index (κ2) is 9.92. The average molecular weight is 417 g/mol. The molecule has 0 spiro atoms. The van der Waals surface area contributed by atoms with Crippen LogP contribution >= 0.6 is 24.0 Å². The van der Waals surface area contributed by atoms with E-state index in [-0.39, 0.29) is 30.1 Å². The number of aliphatic imine (C=N–C) groups is 1. The molecule has 0 amide bonds. The largest absolute Gasteiger partial charge is 0.489 e. The molecule has 0 aromatic heterocycles. The average Bonchev–Trinajstić information content (AvgIpc) is 2.49. The van der Waals surface area contributed by atoms with Crippen LogP contribution in [0.25, 0.3) is 0 Å². The van der Waals surface area contributed by atoms with Gasteiger partial charge >= 0.3 is 0 Å². The highest BCUT2D eigenvalue weighted by molar-refractivity contribution is 14.0. The first-order valence-electron chi connectivity index (χ1n) is 7.86. The number of likely N-dealkylation sites (tertiary alicyclic amines) is 1. The van der Waals surface area contributed by atoms with Crippen molar-refractivity contribution in [3.8, 4) is 5.75 Å². The van der Waals surface area contributed by atoms with E-state index in [0.717, 1.165) is 37.3 Å². The summed E-state index contributed by atoms with van der Waals surface area (Å²) in [6.07, 6.45) is 2.67. The maximum absolute atomic E-state index is 5.88. The number of nitrogens with one attached hydrogen (secondary N) is 1. The summed E-state index contributed by atoms with van der Waals surface area (Å²) in [6, 6.07) is 9.94. The minimum atomic E-state index is 0. The Kier molecular flexibility index (Phi) is 8.60. The van der Waals surface area contributed by atoms with Gasteiger partial charge in [-0.3, -0.25) is 4.99 Å². The highest BCUT2D eigenvalue weighted by Gasteiger charge is 2.19. The molecule has 1 N–H and O–H groups in total. The standard InChI is InChI=1S/C17H27N3O.HI/c1-14-8-7-11-20(13-14)17(18-3)19-12-15(2)21-16-9-5-4-6-10-16;/h4-6,9-10,14-15H,7-8,11-13H2,1-3H3,(H,18,19);1H. The van der Waals surface area contributed by atoms with E-state index >= 15 is 0 Å². The molecule has 4 nitrogen and oxygen atoms in total.